The fraction of sp³-hybridized carbons (Fsp3) is 0.655. The highest BCUT2D eigenvalue weighted by atomic mass is 31.2. The number of aliphatic hydroxyl groups excluding tert-OH is 1. The topological polar surface area (TPSA) is 105 Å². The highest BCUT2D eigenvalue weighted by Crippen LogP contribution is 2.43. The van der Waals surface area contributed by atoms with Gasteiger partial charge in [0.1, 0.15) is 13.2 Å². The highest BCUT2D eigenvalue weighted by Gasteiger charge is 2.27. The van der Waals surface area contributed by atoms with E-state index < -0.39 is 20.0 Å². The Hall–Kier alpha value is -2.84. The zero-order valence-corrected chi connectivity index (χ0v) is 42.4. The number of hydrogen-bond donors (Lipinski definition) is 3. The summed E-state index contributed by atoms with van der Waals surface area (Å²) < 4.78 is 23.5. The molecule has 0 aromatic heterocycles. The molecule has 8 nitrogen and oxygen atoms in total. The lowest BCUT2D eigenvalue weighted by atomic mass is 10.0. The number of quaternary nitrogens is 1. The van der Waals surface area contributed by atoms with Gasteiger partial charge in [0.2, 0.25) is 5.91 Å². The highest BCUT2D eigenvalue weighted by molar-refractivity contribution is 7.47. The van der Waals surface area contributed by atoms with Gasteiger partial charge in [0, 0.05) is 6.42 Å². The largest absolute Gasteiger partial charge is 0.472 e. The molecule has 0 aliphatic carbocycles. The first kappa shape index (κ1) is 61.2. The minimum atomic E-state index is -4.36. The van der Waals surface area contributed by atoms with E-state index in [-0.39, 0.29) is 19.1 Å². The van der Waals surface area contributed by atoms with Crippen LogP contribution in [0.2, 0.25) is 0 Å². The first-order chi connectivity index (χ1) is 31.0. The van der Waals surface area contributed by atoms with E-state index in [0.29, 0.717) is 17.4 Å². The number of nitrogens with zero attached hydrogens (tertiary/aromatic N) is 1. The molecule has 0 saturated carbocycles. The number of likely N-dealkylation sites (N-methyl/N-ethyl adjacent to an activating group) is 1. The third-order valence-electron chi connectivity index (χ3n) is 10.4. The zero-order chi connectivity index (χ0) is 47.1. The quantitative estimate of drug-likeness (QED) is 0.0243. The van der Waals surface area contributed by atoms with E-state index in [9.17, 15) is 19.4 Å². The Morgan fingerprint density at radius 1 is 0.547 bits per heavy atom. The molecule has 0 fully saturated rings. The second kappa shape index (κ2) is 45.3. The van der Waals surface area contributed by atoms with Crippen molar-refractivity contribution in [2.24, 2.45) is 0 Å². The van der Waals surface area contributed by atoms with Crippen LogP contribution in [0.3, 0.4) is 0 Å². The average Bonchev–Trinajstić information content (AvgIpc) is 3.25. The molecule has 0 rings (SSSR count). The summed E-state index contributed by atoms with van der Waals surface area (Å²) in [5.41, 5.74) is 0. The summed E-state index contributed by atoms with van der Waals surface area (Å²) in [7, 11) is 1.53. The predicted octanol–water partition coefficient (Wildman–Crippen LogP) is 14.9. The molecule has 0 bridgehead atoms. The third kappa shape index (κ3) is 47.1. The summed E-state index contributed by atoms with van der Waals surface area (Å²) >= 11 is 0. The molecule has 0 aliphatic rings. The van der Waals surface area contributed by atoms with E-state index in [0.717, 1.165) is 89.9 Å². The number of allylic oxidation sites excluding steroid dienone is 17. The number of phosphoric ester groups is 1. The Morgan fingerprint density at radius 3 is 1.42 bits per heavy atom. The van der Waals surface area contributed by atoms with Gasteiger partial charge in [-0.1, -0.05) is 194 Å². The molecular formula is C55H96N2O6P+. The van der Waals surface area contributed by atoms with Gasteiger partial charge in [0.15, 0.2) is 0 Å². The van der Waals surface area contributed by atoms with Crippen LogP contribution in [-0.2, 0) is 18.4 Å². The summed E-state index contributed by atoms with van der Waals surface area (Å²) in [6.07, 6.45) is 66.2. The molecule has 0 aromatic carbocycles. The van der Waals surface area contributed by atoms with Crippen LogP contribution < -0.4 is 5.32 Å². The van der Waals surface area contributed by atoms with Crippen LogP contribution in [0.1, 0.15) is 181 Å². The summed E-state index contributed by atoms with van der Waals surface area (Å²) in [6, 6.07) is -0.876. The molecule has 0 radical (unpaired) electrons. The molecule has 0 aromatic rings. The maximum atomic E-state index is 12.9. The monoisotopic (exact) mass is 912 g/mol. The Bertz CT molecular complexity index is 1400. The number of hydrogen-bond acceptors (Lipinski definition) is 5. The van der Waals surface area contributed by atoms with Crippen molar-refractivity contribution in [3.05, 3.63) is 109 Å². The Labute approximate surface area is 393 Å². The Balaban J connectivity index is 4.17. The van der Waals surface area contributed by atoms with Gasteiger partial charge in [-0.3, -0.25) is 13.8 Å². The van der Waals surface area contributed by atoms with Crippen LogP contribution in [-0.4, -0.2) is 73.4 Å². The van der Waals surface area contributed by atoms with Gasteiger partial charge >= 0.3 is 7.82 Å². The van der Waals surface area contributed by atoms with Crippen LogP contribution >= 0.6 is 7.82 Å². The van der Waals surface area contributed by atoms with Crippen molar-refractivity contribution >= 4 is 13.7 Å². The van der Waals surface area contributed by atoms with E-state index in [2.05, 4.69) is 116 Å². The molecule has 9 heteroatoms. The second-order valence-electron chi connectivity index (χ2n) is 17.8. The predicted molar refractivity (Wildman–Crippen MR) is 276 cm³/mol. The number of amides is 1. The number of aliphatic hydroxyl groups is 1. The van der Waals surface area contributed by atoms with Gasteiger partial charge in [-0.15, -0.1) is 0 Å². The van der Waals surface area contributed by atoms with Crippen molar-refractivity contribution in [2.75, 3.05) is 40.9 Å². The van der Waals surface area contributed by atoms with Gasteiger partial charge in [0.05, 0.1) is 39.9 Å². The molecule has 64 heavy (non-hydrogen) atoms. The van der Waals surface area contributed by atoms with Crippen molar-refractivity contribution in [1.29, 1.82) is 0 Å². The second-order valence-corrected chi connectivity index (χ2v) is 19.2. The zero-order valence-electron chi connectivity index (χ0n) is 41.5. The molecular weight excluding hydrogens is 816 g/mol. The molecule has 3 atom stereocenters. The number of carbonyl (C=O) groups is 1. The van der Waals surface area contributed by atoms with Crippen molar-refractivity contribution in [3.63, 3.8) is 0 Å². The molecule has 3 unspecified atom stereocenters. The fourth-order valence-electron chi connectivity index (χ4n) is 6.49. The summed E-state index contributed by atoms with van der Waals surface area (Å²) in [6.45, 7) is 4.57. The minimum Gasteiger partial charge on any atom is -0.387 e. The maximum absolute atomic E-state index is 12.9. The minimum absolute atomic E-state index is 0.0478. The van der Waals surface area contributed by atoms with E-state index in [4.69, 9.17) is 9.05 Å². The van der Waals surface area contributed by atoms with Crippen molar-refractivity contribution < 1.29 is 32.9 Å². The van der Waals surface area contributed by atoms with Crippen LogP contribution in [0.5, 0.6) is 0 Å². The van der Waals surface area contributed by atoms with Crippen molar-refractivity contribution in [1.82, 2.24) is 5.32 Å². The molecule has 0 spiro atoms. The molecule has 366 valence electrons. The normalized spacial score (nSPS) is 15.0. The number of carbonyl (C=O) groups excluding carboxylic acids is 1. The Kier molecular flexibility index (Phi) is 43.3. The lowest BCUT2D eigenvalue weighted by Crippen LogP contribution is -2.45. The van der Waals surface area contributed by atoms with Gasteiger partial charge in [-0.2, -0.15) is 0 Å². The summed E-state index contributed by atoms with van der Waals surface area (Å²) in [5.74, 6) is -0.201. The summed E-state index contributed by atoms with van der Waals surface area (Å²) in [4.78, 5) is 23.1. The summed E-state index contributed by atoms with van der Waals surface area (Å²) in [5, 5.41) is 13.8. The smallest absolute Gasteiger partial charge is 0.387 e. The lowest BCUT2D eigenvalue weighted by molar-refractivity contribution is -0.870. The standard InChI is InChI=1S/C55H95N2O6P/c1-6-8-10-12-14-16-18-19-20-21-22-23-24-25-26-27-28-29-30-31-32-33-34-35-36-37-39-41-43-45-47-49-55(59)56-53(52-63-64(60,61)62-51-50-57(3,4)5)54(58)48-46-44-42-40-38-17-15-13-11-9-7-2/h8,10-11,13-14,16,19-20,22-23,25-26,28-29,38,40,46,48,53-54,58H,6-7,9,12,15,17-18,21,24,27,30-37,39,41-45,47,49-52H2,1-5H3,(H-,56,59,60,61)/p+1/b10-8-,13-11+,16-14-,20-19-,23-22-,26-25-,29-28-,40-38+,48-46+. The number of unbranched alkanes of at least 4 members (excludes halogenated alkanes) is 15. The van der Waals surface area contributed by atoms with Crippen molar-refractivity contribution in [3.8, 4) is 0 Å². The molecule has 0 aliphatic heterocycles. The number of rotatable bonds is 44. The number of phosphoric acid groups is 1. The van der Waals surface area contributed by atoms with Gasteiger partial charge in [-0.05, 0) is 89.9 Å². The van der Waals surface area contributed by atoms with E-state index in [1.807, 2.05) is 27.2 Å². The maximum Gasteiger partial charge on any atom is 0.472 e. The van der Waals surface area contributed by atoms with Crippen molar-refractivity contribution in [2.45, 2.75) is 193 Å². The SMILES string of the molecule is CC/C=C\C/C=C\C/C=C\C/C=C\C/C=C\C/C=C\CCCCCCCCCCCCCCC(=O)NC(COP(=O)(O)OCC[N+](C)(C)C)C(O)/C=C/CC/C=C/CC/C=C/CCC. The van der Waals surface area contributed by atoms with E-state index >= 15 is 0 Å². The van der Waals surface area contributed by atoms with Gasteiger partial charge in [0.25, 0.3) is 0 Å². The fourth-order valence-corrected chi connectivity index (χ4v) is 7.23. The van der Waals surface area contributed by atoms with Crippen LogP contribution in [0.15, 0.2) is 109 Å². The average molecular weight is 912 g/mol. The first-order valence-electron chi connectivity index (χ1n) is 25.3. The first-order valence-corrected chi connectivity index (χ1v) is 26.8. The molecule has 3 N–H and O–H groups in total. The number of nitrogens with one attached hydrogen (secondary N) is 1. The van der Waals surface area contributed by atoms with Crippen LogP contribution in [0.25, 0.3) is 0 Å². The molecule has 0 heterocycles. The van der Waals surface area contributed by atoms with Crippen LogP contribution in [0.4, 0.5) is 0 Å². The Morgan fingerprint density at radius 2 is 0.953 bits per heavy atom. The molecule has 0 saturated heterocycles. The third-order valence-corrected chi connectivity index (χ3v) is 11.4. The lowest BCUT2D eigenvalue weighted by Gasteiger charge is -2.25. The van der Waals surface area contributed by atoms with Gasteiger partial charge in [-0.25, -0.2) is 4.57 Å². The van der Waals surface area contributed by atoms with E-state index in [1.54, 1.807) is 6.08 Å². The van der Waals surface area contributed by atoms with Crippen LogP contribution in [0, 0.1) is 0 Å². The van der Waals surface area contributed by atoms with E-state index in [1.165, 1.54) is 70.6 Å². The van der Waals surface area contributed by atoms with Gasteiger partial charge < -0.3 is 19.8 Å². The molecule has 1 amide bonds.